The molecular formula is C21H27N5O2S. The molecule has 1 aliphatic rings. The van der Waals surface area contributed by atoms with Gasteiger partial charge in [0.1, 0.15) is 0 Å². The molecule has 0 aliphatic carbocycles. The van der Waals surface area contributed by atoms with Gasteiger partial charge in [0.25, 0.3) is 5.91 Å². The summed E-state index contributed by atoms with van der Waals surface area (Å²) in [6.45, 7) is 9.70. The van der Waals surface area contributed by atoms with Gasteiger partial charge in [-0.05, 0) is 44.1 Å². The molecule has 1 atom stereocenters. The highest BCUT2D eigenvalue weighted by atomic mass is 32.1. The molecule has 2 aromatic heterocycles. The van der Waals surface area contributed by atoms with E-state index in [-0.39, 0.29) is 11.9 Å². The van der Waals surface area contributed by atoms with Crippen LogP contribution in [0.15, 0.2) is 40.9 Å². The van der Waals surface area contributed by atoms with Gasteiger partial charge in [-0.3, -0.25) is 9.79 Å². The van der Waals surface area contributed by atoms with Gasteiger partial charge in [0, 0.05) is 26.0 Å². The zero-order valence-electron chi connectivity index (χ0n) is 16.9. The topological polar surface area (TPSA) is 88.5 Å². The number of carbonyl (C=O) groups excluding carboxylic acids is 1. The second kappa shape index (κ2) is 10.3. The van der Waals surface area contributed by atoms with Crippen LogP contribution in [0, 0.1) is 5.92 Å². The maximum absolute atomic E-state index is 12.9. The number of aromatic nitrogens is 2. The monoisotopic (exact) mass is 413 g/mol. The predicted octanol–water partition coefficient (Wildman–Crippen LogP) is 3.81. The van der Waals surface area contributed by atoms with Gasteiger partial charge in [-0.1, -0.05) is 18.7 Å². The molecule has 2 N–H and O–H groups in total. The Bertz CT molecular complexity index is 915. The van der Waals surface area contributed by atoms with Gasteiger partial charge < -0.3 is 15.4 Å². The summed E-state index contributed by atoms with van der Waals surface area (Å²) in [5.41, 5.74) is 2.00. The lowest BCUT2D eigenvalue weighted by Crippen LogP contribution is -2.33. The highest BCUT2D eigenvalue weighted by molar-refractivity contribution is 7.17. The molecule has 3 heterocycles. The summed E-state index contributed by atoms with van der Waals surface area (Å²) in [6.07, 6.45) is 7.14. The second-order valence-electron chi connectivity index (χ2n) is 6.89. The van der Waals surface area contributed by atoms with Gasteiger partial charge in [0.15, 0.2) is 5.69 Å². The quantitative estimate of drug-likeness (QED) is 0.643. The van der Waals surface area contributed by atoms with Gasteiger partial charge in [0.2, 0.25) is 5.95 Å². The molecular weight excluding hydrogens is 386 g/mol. The molecule has 7 nitrogen and oxygen atoms in total. The number of nitrogens with zero attached hydrogens (tertiary/aromatic N) is 3. The molecule has 1 saturated heterocycles. The Labute approximate surface area is 175 Å². The first-order valence-corrected chi connectivity index (χ1v) is 10.7. The van der Waals surface area contributed by atoms with Crippen LogP contribution in [0.3, 0.4) is 0 Å². The first-order chi connectivity index (χ1) is 14.1. The van der Waals surface area contributed by atoms with Crippen molar-refractivity contribution in [2.45, 2.75) is 32.7 Å². The first kappa shape index (κ1) is 21.1. The number of fused-ring (bicyclic) bond motifs is 1. The molecule has 1 amide bonds. The normalized spacial score (nSPS) is 16.8. The number of ether oxygens (including phenoxy) is 1. The molecule has 0 bridgehead atoms. The van der Waals surface area contributed by atoms with E-state index in [1.54, 1.807) is 12.3 Å². The van der Waals surface area contributed by atoms with Crippen LogP contribution in [-0.2, 0) is 4.74 Å². The minimum atomic E-state index is -0.169. The summed E-state index contributed by atoms with van der Waals surface area (Å²) in [7, 11) is 0. The van der Waals surface area contributed by atoms with E-state index in [2.05, 4.69) is 32.2 Å². The number of rotatable bonds is 8. The predicted molar refractivity (Wildman–Crippen MR) is 119 cm³/mol. The van der Waals surface area contributed by atoms with Gasteiger partial charge in [-0.15, -0.1) is 11.3 Å². The number of aliphatic imine (C=N–C) groups is 1. The van der Waals surface area contributed by atoms with E-state index in [0.29, 0.717) is 24.1 Å². The van der Waals surface area contributed by atoms with Crippen molar-refractivity contribution in [2.75, 3.05) is 25.1 Å². The fourth-order valence-corrected chi connectivity index (χ4v) is 4.01. The molecule has 0 saturated carbocycles. The summed E-state index contributed by atoms with van der Waals surface area (Å²) in [5, 5.41) is 8.22. The average Bonchev–Trinajstić information content (AvgIpc) is 3.21. The van der Waals surface area contributed by atoms with E-state index in [1.165, 1.54) is 11.3 Å². The fourth-order valence-electron chi connectivity index (χ4n) is 3.20. The standard InChI is InChI=1S/C21H27N5O2S/c1-4-9-22-16(5-2)14(3)24-21-25-17-8-12-29-19(17)18(26-21)20(27)23-13-15-6-10-28-11-7-15/h4-5,8-9,12,14-15H,1,6-7,10-11,13H2,2-3H3,(H,23,27)(H,24,25,26)/b16-5-,22-9?. The summed E-state index contributed by atoms with van der Waals surface area (Å²) >= 11 is 1.47. The Kier molecular flexibility index (Phi) is 7.48. The minimum absolute atomic E-state index is 0.120. The molecule has 8 heteroatoms. The van der Waals surface area contributed by atoms with Crippen LogP contribution in [0.5, 0.6) is 0 Å². The zero-order valence-corrected chi connectivity index (χ0v) is 17.7. The van der Waals surface area contributed by atoms with Crippen molar-refractivity contribution >= 4 is 39.6 Å². The maximum Gasteiger partial charge on any atom is 0.271 e. The number of hydrogen-bond acceptors (Lipinski definition) is 7. The SMILES string of the molecule is C=CC=N/C(=C\C)C(C)Nc1nc(C(=O)NCC2CCOCC2)c2sccc2n1. The first-order valence-electron chi connectivity index (χ1n) is 9.81. The molecule has 29 heavy (non-hydrogen) atoms. The van der Waals surface area contributed by atoms with Crippen molar-refractivity contribution in [3.63, 3.8) is 0 Å². The summed E-state index contributed by atoms with van der Waals surface area (Å²) < 4.78 is 6.18. The molecule has 154 valence electrons. The van der Waals surface area contributed by atoms with Crippen LogP contribution in [0.4, 0.5) is 5.95 Å². The molecule has 1 fully saturated rings. The van der Waals surface area contributed by atoms with Crippen LogP contribution >= 0.6 is 11.3 Å². The molecule has 0 radical (unpaired) electrons. The largest absolute Gasteiger partial charge is 0.381 e. The lowest BCUT2D eigenvalue weighted by Gasteiger charge is -2.22. The summed E-state index contributed by atoms with van der Waals surface area (Å²) in [6, 6.07) is 1.78. The molecule has 2 aromatic rings. The fraction of sp³-hybridized carbons (Fsp3) is 0.429. The van der Waals surface area contributed by atoms with Gasteiger partial charge >= 0.3 is 0 Å². The summed E-state index contributed by atoms with van der Waals surface area (Å²) in [5.74, 6) is 0.691. The van der Waals surface area contributed by atoms with Gasteiger partial charge in [0.05, 0.1) is 22.0 Å². The Morgan fingerprint density at radius 1 is 1.45 bits per heavy atom. The van der Waals surface area contributed by atoms with Crippen LogP contribution in [0.1, 0.15) is 37.2 Å². The van der Waals surface area contributed by atoms with Crippen LogP contribution in [0.2, 0.25) is 0 Å². The summed E-state index contributed by atoms with van der Waals surface area (Å²) in [4.78, 5) is 26.3. The third kappa shape index (κ3) is 5.48. The highest BCUT2D eigenvalue weighted by Crippen LogP contribution is 2.24. The van der Waals surface area contributed by atoms with E-state index in [9.17, 15) is 4.79 Å². The lowest BCUT2D eigenvalue weighted by molar-refractivity contribution is 0.0642. The van der Waals surface area contributed by atoms with E-state index in [0.717, 1.165) is 42.0 Å². The number of carbonyl (C=O) groups is 1. The van der Waals surface area contributed by atoms with Crippen molar-refractivity contribution in [1.82, 2.24) is 15.3 Å². The number of allylic oxidation sites excluding steroid dienone is 2. The van der Waals surface area contributed by atoms with Crippen molar-refractivity contribution in [3.05, 3.63) is 41.6 Å². The Morgan fingerprint density at radius 3 is 2.97 bits per heavy atom. The third-order valence-corrected chi connectivity index (χ3v) is 5.74. The maximum atomic E-state index is 12.9. The van der Waals surface area contributed by atoms with Crippen molar-refractivity contribution in [2.24, 2.45) is 10.9 Å². The Balaban J connectivity index is 1.77. The lowest BCUT2D eigenvalue weighted by atomic mass is 10.0. The van der Waals surface area contributed by atoms with Crippen molar-refractivity contribution < 1.29 is 9.53 Å². The molecule has 0 aromatic carbocycles. The third-order valence-electron chi connectivity index (χ3n) is 4.82. The van der Waals surface area contributed by atoms with Crippen LogP contribution in [-0.4, -0.2) is 47.9 Å². The molecule has 0 spiro atoms. The van der Waals surface area contributed by atoms with Crippen LogP contribution < -0.4 is 10.6 Å². The van der Waals surface area contributed by atoms with Crippen molar-refractivity contribution in [3.8, 4) is 0 Å². The van der Waals surface area contributed by atoms with Crippen molar-refractivity contribution in [1.29, 1.82) is 0 Å². The molecule has 1 aliphatic heterocycles. The number of thiophene rings is 1. The Hall–Kier alpha value is -2.58. The molecule has 1 unspecified atom stereocenters. The molecule has 3 rings (SSSR count). The van der Waals surface area contributed by atoms with Gasteiger partial charge in [-0.25, -0.2) is 9.97 Å². The smallest absolute Gasteiger partial charge is 0.271 e. The number of amides is 1. The van der Waals surface area contributed by atoms with Gasteiger partial charge in [-0.2, -0.15) is 0 Å². The van der Waals surface area contributed by atoms with E-state index in [1.807, 2.05) is 31.4 Å². The second-order valence-corrected chi connectivity index (χ2v) is 7.81. The minimum Gasteiger partial charge on any atom is -0.381 e. The highest BCUT2D eigenvalue weighted by Gasteiger charge is 2.20. The number of anilines is 1. The van der Waals surface area contributed by atoms with Crippen LogP contribution in [0.25, 0.3) is 10.2 Å². The van der Waals surface area contributed by atoms with E-state index in [4.69, 9.17) is 4.74 Å². The van der Waals surface area contributed by atoms with E-state index >= 15 is 0 Å². The number of hydrogen-bond donors (Lipinski definition) is 2. The van der Waals surface area contributed by atoms with E-state index < -0.39 is 0 Å². The average molecular weight is 414 g/mol. The number of nitrogens with one attached hydrogen (secondary N) is 2. The Morgan fingerprint density at radius 2 is 2.24 bits per heavy atom. The zero-order chi connectivity index (χ0) is 20.6.